The molecule has 3 rings (SSSR count). The van der Waals surface area contributed by atoms with Gasteiger partial charge in [0.05, 0.1) is 7.11 Å². The van der Waals surface area contributed by atoms with Gasteiger partial charge in [-0.3, -0.25) is 9.59 Å². The third-order valence-corrected chi connectivity index (χ3v) is 4.35. The number of nitrogens with zero attached hydrogens (tertiary/aromatic N) is 1. The summed E-state index contributed by atoms with van der Waals surface area (Å²) in [5, 5.41) is 2.83. The Bertz CT molecular complexity index is 953. The fourth-order valence-electron chi connectivity index (χ4n) is 2.88. The second-order valence-electron chi connectivity index (χ2n) is 6.15. The molecule has 0 aromatic heterocycles. The van der Waals surface area contributed by atoms with Crippen LogP contribution in [0.25, 0.3) is 0 Å². The van der Waals surface area contributed by atoms with Crippen molar-refractivity contribution in [3.63, 3.8) is 0 Å². The number of ether oxygens (including phenoxy) is 1. The van der Waals surface area contributed by atoms with Gasteiger partial charge in [0, 0.05) is 35.1 Å². The highest BCUT2D eigenvalue weighted by Crippen LogP contribution is 2.19. The third-order valence-electron chi connectivity index (χ3n) is 4.35. The van der Waals surface area contributed by atoms with Gasteiger partial charge in [-0.2, -0.15) is 0 Å². The van der Waals surface area contributed by atoms with Crippen LogP contribution in [0.15, 0.2) is 78.9 Å². The topological polar surface area (TPSA) is 58.6 Å². The van der Waals surface area contributed by atoms with Crippen molar-refractivity contribution in [2.24, 2.45) is 0 Å². The summed E-state index contributed by atoms with van der Waals surface area (Å²) in [5.41, 5.74) is 2.49. The van der Waals surface area contributed by atoms with E-state index in [1.54, 1.807) is 54.5 Å². The first-order valence-electron chi connectivity index (χ1n) is 9.04. The van der Waals surface area contributed by atoms with Gasteiger partial charge in [0.2, 0.25) is 0 Å². The quantitative estimate of drug-likeness (QED) is 0.685. The standard InChI is InChI=1S/C23H22N2O3/c1-3-25(20-9-5-4-6-10-20)23(27)18-14-12-17(13-15-18)22(26)24-19-8-7-11-21(16-19)28-2/h4-16H,3H2,1-2H3,(H,24,26). The summed E-state index contributed by atoms with van der Waals surface area (Å²) >= 11 is 0. The molecule has 142 valence electrons. The van der Waals surface area contributed by atoms with Crippen molar-refractivity contribution >= 4 is 23.2 Å². The van der Waals surface area contributed by atoms with Crippen molar-refractivity contribution in [3.8, 4) is 5.75 Å². The Morgan fingerprint density at radius 3 is 2.21 bits per heavy atom. The van der Waals surface area contributed by atoms with Crippen LogP contribution in [0.4, 0.5) is 11.4 Å². The summed E-state index contributed by atoms with van der Waals surface area (Å²) in [7, 11) is 1.58. The van der Waals surface area contributed by atoms with E-state index in [1.165, 1.54) is 0 Å². The maximum atomic E-state index is 12.8. The van der Waals surface area contributed by atoms with Crippen LogP contribution in [0.1, 0.15) is 27.6 Å². The molecule has 5 nitrogen and oxygen atoms in total. The number of hydrogen-bond donors (Lipinski definition) is 1. The van der Waals surface area contributed by atoms with E-state index in [0.717, 1.165) is 5.69 Å². The largest absolute Gasteiger partial charge is 0.497 e. The molecule has 0 heterocycles. The SMILES string of the molecule is CCN(C(=O)c1ccc(C(=O)Nc2cccc(OC)c2)cc1)c1ccccc1. The molecule has 0 aliphatic heterocycles. The molecular weight excluding hydrogens is 352 g/mol. The van der Waals surface area contributed by atoms with E-state index in [0.29, 0.717) is 29.1 Å². The minimum atomic E-state index is -0.248. The Kier molecular flexibility index (Phi) is 6.07. The lowest BCUT2D eigenvalue weighted by molar-refractivity contribution is 0.0985. The maximum Gasteiger partial charge on any atom is 0.258 e. The molecule has 5 heteroatoms. The van der Waals surface area contributed by atoms with E-state index in [2.05, 4.69) is 5.32 Å². The molecule has 0 bridgehead atoms. The van der Waals surface area contributed by atoms with Crippen LogP contribution in [0, 0.1) is 0 Å². The summed E-state index contributed by atoms with van der Waals surface area (Å²) in [6, 6.07) is 23.3. The molecule has 0 saturated carbocycles. The Morgan fingerprint density at radius 2 is 1.57 bits per heavy atom. The van der Waals surface area contributed by atoms with Crippen LogP contribution in [0.2, 0.25) is 0 Å². The highest BCUT2D eigenvalue weighted by atomic mass is 16.5. The number of para-hydroxylation sites is 1. The van der Waals surface area contributed by atoms with Crippen LogP contribution < -0.4 is 15.0 Å². The Balaban J connectivity index is 1.73. The molecule has 0 aliphatic rings. The molecule has 2 amide bonds. The smallest absolute Gasteiger partial charge is 0.258 e. The summed E-state index contributed by atoms with van der Waals surface area (Å²) in [6.07, 6.45) is 0. The van der Waals surface area contributed by atoms with Crippen LogP contribution in [-0.2, 0) is 0 Å². The molecule has 0 aliphatic carbocycles. The van der Waals surface area contributed by atoms with E-state index >= 15 is 0 Å². The molecule has 1 N–H and O–H groups in total. The molecule has 0 spiro atoms. The number of rotatable bonds is 6. The van der Waals surface area contributed by atoms with Crippen LogP contribution in [-0.4, -0.2) is 25.5 Å². The Morgan fingerprint density at radius 1 is 0.893 bits per heavy atom. The molecule has 0 fully saturated rings. The van der Waals surface area contributed by atoms with Crippen molar-refractivity contribution in [1.29, 1.82) is 0 Å². The van der Waals surface area contributed by atoms with E-state index in [-0.39, 0.29) is 11.8 Å². The number of anilines is 2. The molecular formula is C23H22N2O3. The molecule has 0 radical (unpaired) electrons. The average molecular weight is 374 g/mol. The lowest BCUT2D eigenvalue weighted by Crippen LogP contribution is -2.30. The minimum absolute atomic E-state index is 0.103. The molecule has 3 aromatic carbocycles. The number of carbonyl (C=O) groups excluding carboxylic acids is 2. The number of carbonyl (C=O) groups is 2. The number of nitrogens with one attached hydrogen (secondary N) is 1. The Labute approximate surface area is 164 Å². The van der Waals surface area contributed by atoms with Gasteiger partial charge in [-0.1, -0.05) is 24.3 Å². The van der Waals surface area contributed by atoms with E-state index < -0.39 is 0 Å². The fourth-order valence-corrected chi connectivity index (χ4v) is 2.88. The maximum absolute atomic E-state index is 12.8. The summed E-state index contributed by atoms with van der Waals surface area (Å²) in [5.74, 6) is 0.315. The van der Waals surface area contributed by atoms with E-state index in [1.807, 2.05) is 43.3 Å². The monoisotopic (exact) mass is 374 g/mol. The van der Waals surface area contributed by atoms with Crippen molar-refractivity contribution < 1.29 is 14.3 Å². The minimum Gasteiger partial charge on any atom is -0.497 e. The highest BCUT2D eigenvalue weighted by Gasteiger charge is 2.16. The predicted octanol–water partition coefficient (Wildman–Crippen LogP) is 4.61. The lowest BCUT2D eigenvalue weighted by atomic mass is 10.1. The molecule has 0 saturated heterocycles. The lowest BCUT2D eigenvalue weighted by Gasteiger charge is -2.21. The van der Waals surface area contributed by atoms with Crippen molar-refractivity contribution in [2.75, 3.05) is 23.9 Å². The van der Waals surface area contributed by atoms with Crippen molar-refractivity contribution in [1.82, 2.24) is 0 Å². The first-order chi connectivity index (χ1) is 13.6. The summed E-state index contributed by atoms with van der Waals surface area (Å²) in [6.45, 7) is 2.49. The summed E-state index contributed by atoms with van der Waals surface area (Å²) in [4.78, 5) is 27.0. The highest BCUT2D eigenvalue weighted by molar-refractivity contribution is 6.08. The normalized spacial score (nSPS) is 10.2. The van der Waals surface area contributed by atoms with Gasteiger partial charge < -0.3 is 15.0 Å². The van der Waals surface area contributed by atoms with Crippen molar-refractivity contribution in [2.45, 2.75) is 6.92 Å². The van der Waals surface area contributed by atoms with Gasteiger partial charge in [-0.05, 0) is 55.5 Å². The third kappa shape index (κ3) is 4.38. The number of amides is 2. The zero-order chi connectivity index (χ0) is 19.9. The second kappa shape index (κ2) is 8.86. The zero-order valence-corrected chi connectivity index (χ0v) is 15.9. The average Bonchev–Trinajstić information content (AvgIpc) is 2.75. The summed E-state index contributed by atoms with van der Waals surface area (Å²) < 4.78 is 5.16. The van der Waals surface area contributed by atoms with Crippen LogP contribution in [0.3, 0.4) is 0 Å². The van der Waals surface area contributed by atoms with E-state index in [4.69, 9.17) is 4.74 Å². The van der Waals surface area contributed by atoms with Gasteiger partial charge >= 0.3 is 0 Å². The fraction of sp³-hybridized carbons (Fsp3) is 0.130. The second-order valence-corrected chi connectivity index (χ2v) is 6.15. The Hall–Kier alpha value is -3.60. The molecule has 0 unspecified atom stereocenters. The molecule has 28 heavy (non-hydrogen) atoms. The predicted molar refractivity (Wildman–Crippen MR) is 111 cm³/mol. The van der Waals surface area contributed by atoms with E-state index in [9.17, 15) is 9.59 Å². The van der Waals surface area contributed by atoms with Crippen LogP contribution >= 0.6 is 0 Å². The van der Waals surface area contributed by atoms with Gasteiger partial charge in [-0.25, -0.2) is 0 Å². The van der Waals surface area contributed by atoms with Gasteiger partial charge in [0.25, 0.3) is 11.8 Å². The van der Waals surface area contributed by atoms with Crippen LogP contribution in [0.5, 0.6) is 5.75 Å². The van der Waals surface area contributed by atoms with Crippen molar-refractivity contribution in [3.05, 3.63) is 90.0 Å². The first-order valence-corrected chi connectivity index (χ1v) is 9.04. The van der Waals surface area contributed by atoms with Gasteiger partial charge in [0.1, 0.15) is 5.75 Å². The zero-order valence-electron chi connectivity index (χ0n) is 15.9. The number of benzene rings is 3. The molecule has 3 aromatic rings. The van der Waals surface area contributed by atoms with Gasteiger partial charge in [-0.15, -0.1) is 0 Å². The first kappa shape index (κ1) is 19.2. The van der Waals surface area contributed by atoms with Gasteiger partial charge in [0.15, 0.2) is 0 Å². The number of methoxy groups -OCH3 is 1. The number of hydrogen-bond acceptors (Lipinski definition) is 3. The molecule has 0 atom stereocenters.